The Kier molecular flexibility index (Phi) is 5.56. The van der Waals surface area contributed by atoms with E-state index in [1.165, 1.54) is 19.1 Å². The molecule has 0 unspecified atom stereocenters. The molecule has 0 spiro atoms. The van der Waals surface area contributed by atoms with Gasteiger partial charge in [0, 0.05) is 11.8 Å². The van der Waals surface area contributed by atoms with Crippen LogP contribution < -0.4 is 10.1 Å². The lowest BCUT2D eigenvalue weighted by molar-refractivity contribution is -0.135. The summed E-state index contributed by atoms with van der Waals surface area (Å²) >= 11 is 0. The zero-order valence-corrected chi connectivity index (χ0v) is 14.2. The van der Waals surface area contributed by atoms with Crippen LogP contribution in [-0.2, 0) is 4.79 Å². The van der Waals surface area contributed by atoms with Gasteiger partial charge in [-0.05, 0) is 43.7 Å². The van der Waals surface area contributed by atoms with Crippen LogP contribution in [0.3, 0.4) is 0 Å². The van der Waals surface area contributed by atoms with Crippen molar-refractivity contribution in [1.82, 2.24) is 0 Å². The molecule has 2 rings (SSSR count). The van der Waals surface area contributed by atoms with Crippen molar-refractivity contribution in [3.63, 3.8) is 0 Å². The molecule has 0 aliphatic rings. The Hall–Kier alpha value is -3.42. The summed E-state index contributed by atoms with van der Waals surface area (Å²) in [6.07, 6.45) is 0. The third-order valence-electron chi connectivity index (χ3n) is 3.65. The maximum absolute atomic E-state index is 13.6. The highest BCUT2D eigenvalue weighted by molar-refractivity contribution is 5.97. The molecule has 0 fully saturated rings. The number of aliphatic hydroxyl groups is 1. The lowest BCUT2D eigenvalue weighted by Crippen LogP contribution is -2.45. The van der Waals surface area contributed by atoms with E-state index >= 15 is 0 Å². The molecule has 0 heterocycles. The van der Waals surface area contributed by atoms with E-state index in [0.29, 0.717) is 16.9 Å². The molecule has 0 saturated carbocycles. The Morgan fingerprint density at radius 3 is 2.73 bits per heavy atom. The van der Waals surface area contributed by atoms with Crippen LogP contribution in [0, 0.1) is 30.6 Å². The number of halogens is 1. The molecule has 0 aliphatic heterocycles. The fourth-order valence-corrected chi connectivity index (χ4v) is 2.09. The number of rotatable bonds is 5. The van der Waals surface area contributed by atoms with Gasteiger partial charge < -0.3 is 15.2 Å². The molecular weight excluding hydrogens is 337 g/mol. The minimum atomic E-state index is -1.88. The lowest BCUT2D eigenvalue weighted by Gasteiger charge is -2.23. The standard InChI is InChI=1S/C19H16FN3O3/c1-12-8-14(5-7-17(12)22-3)23-18(24)19(2,25)11-26-15-6-4-13(10-21)16(20)9-15/h4-9,25H,11H2,1-2H3,(H,23,24)/t19-/m1/s1. The summed E-state index contributed by atoms with van der Waals surface area (Å²) in [6.45, 7) is 9.60. The molecule has 0 radical (unpaired) electrons. The molecule has 0 aliphatic carbocycles. The summed E-state index contributed by atoms with van der Waals surface area (Å²) in [7, 11) is 0. The van der Waals surface area contributed by atoms with Gasteiger partial charge in [-0.25, -0.2) is 9.24 Å². The Morgan fingerprint density at radius 1 is 1.42 bits per heavy atom. The Morgan fingerprint density at radius 2 is 2.15 bits per heavy atom. The first-order chi connectivity index (χ1) is 12.3. The van der Waals surface area contributed by atoms with Gasteiger partial charge in [0.25, 0.3) is 5.91 Å². The third-order valence-corrected chi connectivity index (χ3v) is 3.65. The van der Waals surface area contributed by atoms with Gasteiger partial charge in [0.15, 0.2) is 11.3 Å². The van der Waals surface area contributed by atoms with Gasteiger partial charge in [0.2, 0.25) is 0 Å². The van der Waals surface area contributed by atoms with Gasteiger partial charge in [-0.1, -0.05) is 6.07 Å². The number of amides is 1. The third kappa shape index (κ3) is 4.35. The van der Waals surface area contributed by atoms with E-state index in [1.54, 1.807) is 31.2 Å². The van der Waals surface area contributed by atoms with Gasteiger partial charge in [-0.3, -0.25) is 4.79 Å². The van der Waals surface area contributed by atoms with E-state index in [4.69, 9.17) is 16.6 Å². The van der Waals surface area contributed by atoms with Crippen LogP contribution in [0.15, 0.2) is 36.4 Å². The van der Waals surface area contributed by atoms with Crippen LogP contribution in [0.2, 0.25) is 0 Å². The molecule has 0 saturated heterocycles. The van der Waals surface area contributed by atoms with E-state index in [0.717, 1.165) is 6.07 Å². The number of carbonyl (C=O) groups excluding carboxylic acids is 1. The van der Waals surface area contributed by atoms with Crippen molar-refractivity contribution in [2.45, 2.75) is 19.4 Å². The van der Waals surface area contributed by atoms with E-state index < -0.39 is 23.9 Å². The summed E-state index contributed by atoms with van der Waals surface area (Å²) in [5.41, 5.74) is -0.399. The molecule has 7 heteroatoms. The van der Waals surface area contributed by atoms with Crippen LogP contribution in [0.25, 0.3) is 4.85 Å². The van der Waals surface area contributed by atoms with Crippen LogP contribution in [0.4, 0.5) is 15.8 Å². The molecule has 132 valence electrons. The van der Waals surface area contributed by atoms with Crippen LogP contribution in [0.5, 0.6) is 5.75 Å². The molecule has 2 N–H and O–H groups in total. The van der Waals surface area contributed by atoms with E-state index in [2.05, 4.69) is 10.2 Å². The van der Waals surface area contributed by atoms with Gasteiger partial charge in [-0.2, -0.15) is 5.26 Å². The first-order valence-corrected chi connectivity index (χ1v) is 7.61. The van der Waals surface area contributed by atoms with E-state index in [-0.39, 0.29) is 11.3 Å². The number of hydrogen-bond acceptors (Lipinski definition) is 4. The highest BCUT2D eigenvalue weighted by atomic mass is 19.1. The maximum Gasteiger partial charge on any atom is 0.259 e. The fraction of sp³-hybridized carbons (Fsp3) is 0.211. The SMILES string of the molecule is [C-]#[N+]c1ccc(NC(=O)[C@](C)(O)COc2ccc(C#N)c(F)c2)cc1C. The van der Waals surface area contributed by atoms with Gasteiger partial charge >= 0.3 is 0 Å². The molecule has 0 bridgehead atoms. The summed E-state index contributed by atoms with van der Waals surface area (Å²) < 4.78 is 18.8. The zero-order valence-electron chi connectivity index (χ0n) is 14.2. The first-order valence-electron chi connectivity index (χ1n) is 7.61. The number of ether oxygens (including phenoxy) is 1. The maximum atomic E-state index is 13.6. The van der Waals surface area contributed by atoms with Crippen molar-refractivity contribution < 1.29 is 19.0 Å². The first kappa shape index (κ1) is 18.9. The van der Waals surface area contributed by atoms with Crippen molar-refractivity contribution in [3.8, 4) is 11.8 Å². The van der Waals surface area contributed by atoms with E-state index in [1.807, 2.05) is 0 Å². The average Bonchev–Trinajstić information content (AvgIpc) is 2.60. The predicted octanol–water partition coefficient (Wildman–Crippen LogP) is 3.33. The Balaban J connectivity index is 2.04. The highest BCUT2D eigenvalue weighted by Crippen LogP contribution is 2.23. The zero-order chi connectivity index (χ0) is 19.3. The second-order valence-corrected chi connectivity index (χ2v) is 5.88. The molecule has 1 amide bonds. The summed E-state index contributed by atoms with van der Waals surface area (Å²) in [5.74, 6) is -1.36. The number of nitriles is 1. The lowest BCUT2D eigenvalue weighted by atomic mass is 10.1. The minimum absolute atomic E-state index is 0.0897. The van der Waals surface area contributed by atoms with Gasteiger partial charge in [0.1, 0.15) is 24.2 Å². The summed E-state index contributed by atoms with van der Waals surface area (Å²) in [6, 6.07) is 10.1. The number of benzene rings is 2. The summed E-state index contributed by atoms with van der Waals surface area (Å²) in [4.78, 5) is 15.6. The molecule has 6 nitrogen and oxygen atoms in total. The molecular formula is C19H16FN3O3. The summed E-state index contributed by atoms with van der Waals surface area (Å²) in [5, 5.41) is 21.6. The number of nitrogens with zero attached hydrogens (tertiary/aromatic N) is 2. The van der Waals surface area contributed by atoms with Crippen molar-refractivity contribution >= 4 is 17.3 Å². The van der Waals surface area contributed by atoms with E-state index in [9.17, 15) is 14.3 Å². The number of hydrogen-bond donors (Lipinski definition) is 2. The number of carbonyl (C=O) groups is 1. The van der Waals surface area contributed by atoms with Crippen molar-refractivity contribution in [1.29, 1.82) is 5.26 Å². The Labute approximate surface area is 150 Å². The van der Waals surface area contributed by atoms with Crippen molar-refractivity contribution in [3.05, 3.63) is 64.8 Å². The number of nitrogens with one attached hydrogen (secondary N) is 1. The van der Waals surface area contributed by atoms with Crippen molar-refractivity contribution in [2.24, 2.45) is 0 Å². The second-order valence-electron chi connectivity index (χ2n) is 5.88. The monoisotopic (exact) mass is 353 g/mol. The average molecular weight is 353 g/mol. The molecule has 26 heavy (non-hydrogen) atoms. The van der Waals surface area contributed by atoms with Gasteiger partial charge in [-0.15, -0.1) is 0 Å². The van der Waals surface area contributed by atoms with Crippen LogP contribution >= 0.6 is 0 Å². The smallest absolute Gasteiger partial charge is 0.259 e. The largest absolute Gasteiger partial charge is 0.490 e. The number of aryl methyl sites for hydroxylation is 1. The second kappa shape index (κ2) is 7.64. The Bertz CT molecular complexity index is 927. The predicted molar refractivity (Wildman–Crippen MR) is 93.3 cm³/mol. The molecule has 2 aromatic carbocycles. The van der Waals surface area contributed by atoms with Crippen molar-refractivity contribution in [2.75, 3.05) is 11.9 Å². The van der Waals surface area contributed by atoms with Crippen LogP contribution in [-0.4, -0.2) is 23.2 Å². The topological polar surface area (TPSA) is 86.7 Å². The van der Waals surface area contributed by atoms with Gasteiger partial charge in [0.05, 0.1) is 12.1 Å². The highest BCUT2D eigenvalue weighted by Gasteiger charge is 2.31. The minimum Gasteiger partial charge on any atom is -0.490 e. The quantitative estimate of drug-likeness (QED) is 0.807. The fourth-order valence-electron chi connectivity index (χ4n) is 2.09. The normalized spacial score (nSPS) is 12.4. The number of anilines is 1. The molecule has 1 atom stereocenters. The molecule has 0 aromatic heterocycles. The van der Waals surface area contributed by atoms with Crippen LogP contribution in [0.1, 0.15) is 18.1 Å². The molecule has 2 aromatic rings.